The summed E-state index contributed by atoms with van der Waals surface area (Å²) in [5.74, 6) is 0.147. The van der Waals surface area contributed by atoms with E-state index in [1.807, 2.05) is 0 Å². The fourth-order valence-corrected chi connectivity index (χ4v) is 1.71. The summed E-state index contributed by atoms with van der Waals surface area (Å²) in [6.45, 7) is 0.125. The van der Waals surface area contributed by atoms with Crippen LogP contribution in [-0.4, -0.2) is 40.6 Å². The quantitative estimate of drug-likeness (QED) is 0.653. The molecular formula is C9H13N3O4. The Balaban J connectivity index is 2.34. The number of aliphatic hydroxyl groups is 1. The SMILES string of the molecule is CO[C@H]1[C@H](n2ccc(N)nc2=O)OC[C@@H]1O. The van der Waals surface area contributed by atoms with E-state index in [4.69, 9.17) is 15.2 Å². The van der Waals surface area contributed by atoms with E-state index in [0.717, 1.165) is 0 Å². The fraction of sp³-hybridized carbons (Fsp3) is 0.556. The molecule has 1 aliphatic heterocycles. The molecule has 3 N–H and O–H groups in total. The first-order chi connectivity index (χ1) is 7.63. The van der Waals surface area contributed by atoms with E-state index in [9.17, 15) is 9.90 Å². The molecule has 3 atom stereocenters. The van der Waals surface area contributed by atoms with Crippen LogP contribution < -0.4 is 11.4 Å². The molecule has 1 aromatic rings. The van der Waals surface area contributed by atoms with Gasteiger partial charge in [0.05, 0.1) is 6.61 Å². The maximum absolute atomic E-state index is 11.5. The van der Waals surface area contributed by atoms with Crippen LogP contribution in [0.5, 0.6) is 0 Å². The highest BCUT2D eigenvalue weighted by Crippen LogP contribution is 2.24. The average Bonchev–Trinajstić information content (AvgIpc) is 2.59. The lowest BCUT2D eigenvalue weighted by Gasteiger charge is -2.20. The van der Waals surface area contributed by atoms with Gasteiger partial charge in [0.1, 0.15) is 18.0 Å². The van der Waals surface area contributed by atoms with Crippen molar-refractivity contribution in [1.82, 2.24) is 9.55 Å². The minimum absolute atomic E-state index is 0.125. The van der Waals surface area contributed by atoms with Crippen LogP contribution in [-0.2, 0) is 9.47 Å². The Hall–Kier alpha value is -1.44. The number of rotatable bonds is 2. The monoisotopic (exact) mass is 227 g/mol. The van der Waals surface area contributed by atoms with Gasteiger partial charge in [-0.3, -0.25) is 4.57 Å². The van der Waals surface area contributed by atoms with Gasteiger partial charge in [0.25, 0.3) is 0 Å². The Morgan fingerprint density at radius 2 is 2.50 bits per heavy atom. The third-order valence-corrected chi connectivity index (χ3v) is 2.50. The molecule has 0 aromatic carbocycles. The second kappa shape index (κ2) is 4.20. The normalized spacial score (nSPS) is 29.5. The van der Waals surface area contributed by atoms with Gasteiger partial charge in [0.15, 0.2) is 6.23 Å². The number of methoxy groups -OCH3 is 1. The highest BCUT2D eigenvalue weighted by molar-refractivity contribution is 5.23. The highest BCUT2D eigenvalue weighted by atomic mass is 16.6. The molecule has 88 valence electrons. The second-order valence-corrected chi connectivity index (χ2v) is 3.53. The zero-order valence-corrected chi connectivity index (χ0v) is 8.74. The van der Waals surface area contributed by atoms with E-state index < -0.39 is 24.1 Å². The number of anilines is 1. The summed E-state index contributed by atoms with van der Waals surface area (Å²) < 4.78 is 11.6. The Bertz CT molecular complexity index is 433. The van der Waals surface area contributed by atoms with Crippen molar-refractivity contribution in [2.45, 2.75) is 18.4 Å². The van der Waals surface area contributed by atoms with Gasteiger partial charge in [-0.25, -0.2) is 4.79 Å². The maximum atomic E-state index is 11.5. The van der Waals surface area contributed by atoms with Crippen LogP contribution in [0.4, 0.5) is 5.82 Å². The fourth-order valence-electron chi connectivity index (χ4n) is 1.71. The summed E-state index contributed by atoms with van der Waals surface area (Å²) in [6, 6.07) is 1.49. The number of aliphatic hydroxyl groups excluding tert-OH is 1. The molecule has 0 amide bonds. The molecule has 7 nitrogen and oxygen atoms in total. The third kappa shape index (κ3) is 1.80. The van der Waals surface area contributed by atoms with E-state index in [1.165, 1.54) is 23.9 Å². The first-order valence-electron chi connectivity index (χ1n) is 4.80. The van der Waals surface area contributed by atoms with Gasteiger partial charge < -0.3 is 20.3 Å². The first kappa shape index (κ1) is 11.1. The van der Waals surface area contributed by atoms with Crippen molar-refractivity contribution in [1.29, 1.82) is 0 Å². The van der Waals surface area contributed by atoms with E-state index in [1.54, 1.807) is 0 Å². The second-order valence-electron chi connectivity index (χ2n) is 3.53. The molecule has 1 fully saturated rings. The van der Waals surface area contributed by atoms with E-state index in [2.05, 4.69) is 4.98 Å². The molecular weight excluding hydrogens is 214 g/mol. The summed E-state index contributed by atoms with van der Waals surface area (Å²) in [6.07, 6.45) is -0.525. The van der Waals surface area contributed by atoms with Gasteiger partial charge in [-0.2, -0.15) is 4.98 Å². The third-order valence-electron chi connectivity index (χ3n) is 2.50. The first-order valence-corrected chi connectivity index (χ1v) is 4.80. The Morgan fingerprint density at radius 3 is 3.12 bits per heavy atom. The predicted octanol–water partition coefficient (Wildman–Crippen LogP) is -1.27. The van der Waals surface area contributed by atoms with Crippen molar-refractivity contribution in [3.63, 3.8) is 0 Å². The molecule has 1 saturated heterocycles. The lowest BCUT2D eigenvalue weighted by atomic mass is 10.2. The molecule has 0 radical (unpaired) electrons. The van der Waals surface area contributed by atoms with Crippen molar-refractivity contribution in [2.75, 3.05) is 19.5 Å². The van der Waals surface area contributed by atoms with Gasteiger partial charge in [0, 0.05) is 13.3 Å². The summed E-state index contributed by atoms with van der Waals surface area (Å²) >= 11 is 0. The number of aromatic nitrogens is 2. The number of nitrogens with two attached hydrogens (primary N) is 1. The summed E-state index contributed by atoms with van der Waals surface area (Å²) in [5.41, 5.74) is 4.85. The topological polar surface area (TPSA) is 99.6 Å². The molecule has 0 bridgehead atoms. The van der Waals surface area contributed by atoms with Crippen LogP contribution in [0.3, 0.4) is 0 Å². The van der Waals surface area contributed by atoms with Gasteiger partial charge in [-0.15, -0.1) is 0 Å². The van der Waals surface area contributed by atoms with Crippen LogP contribution in [0.1, 0.15) is 6.23 Å². The number of hydrogen-bond donors (Lipinski definition) is 2. The largest absolute Gasteiger partial charge is 0.388 e. The molecule has 0 saturated carbocycles. The van der Waals surface area contributed by atoms with Crippen LogP contribution >= 0.6 is 0 Å². The highest BCUT2D eigenvalue weighted by Gasteiger charge is 2.38. The number of nitrogen functional groups attached to an aromatic ring is 1. The predicted molar refractivity (Wildman–Crippen MR) is 54.7 cm³/mol. The van der Waals surface area contributed by atoms with E-state index in [0.29, 0.717) is 0 Å². The molecule has 1 aromatic heterocycles. The van der Waals surface area contributed by atoms with Crippen molar-refractivity contribution in [2.24, 2.45) is 0 Å². The summed E-state index contributed by atoms with van der Waals surface area (Å²) in [4.78, 5) is 15.1. The van der Waals surface area contributed by atoms with Crippen LogP contribution in [0.2, 0.25) is 0 Å². The van der Waals surface area contributed by atoms with Gasteiger partial charge in [0.2, 0.25) is 0 Å². The van der Waals surface area contributed by atoms with E-state index >= 15 is 0 Å². The Labute approximate surface area is 91.4 Å². The van der Waals surface area contributed by atoms with Gasteiger partial charge >= 0.3 is 5.69 Å². The van der Waals surface area contributed by atoms with Crippen LogP contribution in [0, 0.1) is 0 Å². The Morgan fingerprint density at radius 1 is 1.75 bits per heavy atom. The maximum Gasteiger partial charge on any atom is 0.351 e. The van der Waals surface area contributed by atoms with Crippen molar-refractivity contribution >= 4 is 5.82 Å². The van der Waals surface area contributed by atoms with Crippen LogP contribution in [0.15, 0.2) is 17.1 Å². The Kier molecular flexibility index (Phi) is 2.90. The van der Waals surface area contributed by atoms with Crippen molar-refractivity contribution in [3.8, 4) is 0 Å². The lowest BCUT2D eigenvalue weighted by Crippen LogP contribution is -2.36. The molecule has 0 aliphatic carbocycles. The van der Waals surface area contributed by atoms with Crippen molar-refractivity contribution in [3.05, 3.63) is 22.7 Å². The molecule has 16 heavy (non-hydrogen) atoms. The van der Waals surface area contributed by atoms with Gasteiger partial charge in [-0.1, -0.05) is 0 Å². The lowest BCUT2D eigenvalue weighted by molar-refractivity contribution is -0.0453. The zero-order valence-electron chi connectivity index (χ0n) is 8.74. The van der Waals surface area contributed by atoms with Crippen molar-refractivity contribution < 1.29 is 14.6 Å². The van der Waals surface area contributed by atoms with E-state index in [-0.39, 0.29) is 12.4 Å². The number of hydrogen-bond acceptors (Lipinski definition) is 6. The molecule has 2 heterocycles. The molecule has 1 aliphatic rings. The smallest absolute Gasteiger partial charge is 0.351 e. The number of ether oxygens (including phenoxy) is 2. The molecule has 7 heteroatoms. The number of nitrogens with zero attached hydrogens (tertiary/aromatic N) is 2. The van der Waals surface area contributed by atoms with Crippen LogP contribution in [0.25, 0.3) is 0 Å². The molecule has 2 rings (SSSR count). The minimum Gasteiger partial charge on any atom is -0.388 e. The zero-order chi connectivity index (χ0) is 11.7. The average molecular weight is 227 g/mol. The molecule has 0 unspecified atom stereocenters. The van der Waals surface area contributed by atoms with Gasteiger partial charge in [-0.05, 0) is 6.07 Å². The standard InChI is InChI=1S/C9H13N3O4/c1-15-7-5(13)4-16-8(7)12-3-2-6(10)11-9(12)14/h2-3,5,7-8,13H,4H2,1H3,(H2,10,11,14)/t5-,7+,8+/m0/s1. The molecule has 0 spiro atoms. The minimum atomic E-state index is -0.751. The summed E-state index contributed by atoms with van der Waals surface area (Å²) in [7, 11) is 1.45. The summed E-state index contributed by atoms with van der Waals surface area (Å²) in [5, 5.41) is 9.56.